The molecule has 0 unspecified atom stereocenters. The predicted octanol–water partition coefficient (Wildman–Crippen LogP) is 2.21. The maximum absolute atomic E-state index is 13.4. The van der Waals surface area contributed by atoms with Gasteiger partial charge in [0.15, 0.2) is 0 Å². The monoisotopic (exact) mass is 513 g/mol. The van der Waals surface area contributed by atoms with E-state index in [1.54, 1.807) is 49.2 Å². The second-order valence-corrected chi connectivity index (χ2v) is 11.2. The molecule has 0 saturated carbocycles. The van der Waals surface area contributed by atoms with E-state index in [4.69, 9.17) is 0 Å². The lowest BCUT2D eigenvalue weighted by molar-refractivity contribution is -0.130. The number of piperazine rings is 1. The number of likely N-dealkylation sites (tertiary alicyclic amines) is 1. The van der Waals surface area contributed by atoms with Crippen LogP contribution in [0.25, 0.3) is 0 Å². The molecular formula is C26H35N5O4S. The average Bonchev–Trinajstić information content (AvgIpc) is 3.40. The number of amides is 2. The predicted molar refractivity (Wildman–Crippen MR) is 141 cm³/mol. The topological polar surface area (TPSA) is 102 Å². The van der Waals surface area contributed by atoms with Gasteiger partial charge >= 0.3 is 0 Å². The zero-order valence-corrected chi connectivity index (χ0v) is 22.0. The van der Waals surface area contributed by atoms with Gasteiger partial charge in [0, 0.05) is 51.9 Å². The molecule has 0 radical (unpaired) electrons. The van der Waals surface area contributed by atoms with Gasteiger partial charge in [-0.3, -0.25) is 14.3 Å². The molecule has 2 aliphatic heterocycles. The highest BCUT2D eigenvalue weighted by atomic mass is 32.2. The highest BCUT2D eigenvalue weighted by molar-refractivity contribution is 7.92. The molecular weight excluding hydrogens is 478 g/mol. The molecule has 2 saturated heterocycles. The van der Waals surface area contributed by atoms with Crippen LogP contribution in [-0.2, 0) is 14.8 Å². The number of sulfonamides is 1. The molecule has 36 heavy (non-hydrogen) atoms. The first-order chi connectivity index (χ1) is 17.2. The minimum atomic E-state index is -3.90. The van der Waals surface area contributed by atoms with Gasteiger partial charge in [-0.25, -0.2) is 8.42 Å². The Morgan fingerprint density at radius 2 is 1.69 bits per heavy atom. The van der Waals surface area contributed by atoms with Gasteiger partial charge in [-0.2, -0.15) is 0 Å². The van der Waals surface area contributed by atoms with Crippen molar-refractivity contribution in [2.45, 2.75) is 31.6 Å². The Morgan fingerprint density at radius 3 is 2.39 bits per heavy atom. The van der Waals surface area contributed by atoms with Crippen LogP contribution < -0.4 is 14.9 Å². The van der Waals surface area contributed by atoms with Gasteiger partial charge in [0.1, 0.15) is 0 Å². The summed E-state index contributed by atoms with van der Waals surface area (Å²) in [7, 11) is -2.30. The van der Waals surface area contributed by atoms with Gasteiger partial charge in [-0.05, 0) is 62.1 Å². The van der Waals surface area contributed by atoms with Crippen molar-refractivity contribution in [3.8, 4) is 0 Å². The fourth-order valence-corrected chi connectivity index (χ4v) is 6.09. The maximum Gasteiger partial charge on any atom is 0.262 e. The van der Waals surface area contributed by atoms with Gasteiger partial charge in [0.05, 0.1) is 22.8 Å². The number of hydrogen-bond acceptors (Lipinski definition) is 6. The molecule has 0 atom stereocenters. The number of benzene rings is 2. The maximum atomic E-state index is 13.4. The molecule has 2 N–H and O–H groups in total. The quantitative estimate of drug-likeness (QED) is 0.589. The first-order valence-electron chi connectivity index (χ1n) is 12.4. The second-order valence-electron chi connectivity index (χ2n) is 9.59. The highest BCUT2D eigenvalue weighted by Gasteiger charge is 2.25. The van der Waals surface area contributed by atoms with Crippen molar-refractivity contribution in [3.63, 3.8) is 0 Å². The van der Waals surface area contributed by atoms with Crippen LogP contribution in [0.5, 0.6) is 0 Å². The number of likely N-dealkylation sites (N-methyl/N-ethyl adjacent to an activating group) is 1. The van der Waals surface area contributed by atoms with E-state index in [0.717, 1.165) is 63.4 Å². The van der Waals surface area contributed by atoms with Crippen molar-refractivity contribution >= 4 is 33.2 Å². The molecule has 0 aliphatic carbocycles. The molecule has 0 aromatic heterocycles. The number of hydrogen-bond donors (Lipinski definition) is 2. The lowest BCUT2D eigenvalue weighted by Crippen LogP contribution is -2.44. The van der Waals surface area contributed by atoms with Crippen LogP contribution in [0.3, 0.4) is 0 Å². The number of carbonyl (C=O) groups is 2. The third-order valence-electron chi connectivity index (χ3n) is 6.76. The van der Waals surface area contributed by atoms with Crippen LogP contribution in [-0.4, -0.2) is 82.9 Å². The Bertz CT molecular complexity index is 1230. The summed E-state index contributed by atoms with van der Waals surface area (Å²) in [6.45, 7) is 8.06. The number of anilines is 2. The van der Waals surface area contributed by atoms with E-state index < -0.39 is 10.0 Å². The molecule has 10 heteroatoms. The Hall–Kier alpha value is -3.11. The standard InChI is InChI=1S/C26H35N5O4S/c1-19-6-7-20(2)24(16-19)36(34,35)28-22-17-21(8-9-23(22)30-14-10-27-11-15-30)26(33)29(3)18-25(32)31-12-4-5-13-31/h6-9,16-17,27-28H,4-5,10-15,18H2,1-3H3. The van der Waals surface area contributed by atoms with E-state index in [1.165, 1.54) is 4.90 Å². The third-order valence-corrected chi connectivity index (χ3v) is 8.26. The summed E-state index contributed by atoms with van der Waals surface area (Å²) in [5.74, 6) is -0.404. The van der Waals surface area contributed by atoms with Gasteiger partial charge in [0.25, 0.3) is 15.9 Å². The van der Waals surface area contributed by atoms with Crippen molar-refractivity contribution in [2.75, 3.05) is 62.5 Å². The molecule has 4 rings (SSSR count). The van der Waals surface area contributed by atoms with Gasteiger partial charge < -0.3 is 20.0 Å². The minimum Gasteiger partial charge on any atom is -0.367 e. The van der Waals surface area contributed by atoms with Gasteiger partial charge in [-0.15, -0.1) is 0 Å². The Kier molecular flexibility index (Phi) is 7.85. The fraction of sp³-hybridized carbons (Fsp3) is 0.462. The summed E-state index contributed by atoms with van der Waals surface area (Å²) in [6, 6.07) is 10.4. The van der Waals surface area contributed by atoms with Crippen molar-refractivity contribution < 1.29 is 18.0 Å². The van der Waals surface area contributed by atoms with Crippen molar-refractivity contribution in [3.05, 3.63) is 53.1 Å². The van der Waals surface area contributed by atoms with Crippen LogP contribution >= 0.6 is 0 Å². The number of carbonyl (C=O) groups excluding carboxylic acids is 2. The van der Waals surface area contributed by atoms with Gasteiger partial charge in [-0.1, -0.05) is 12.1 Å². The molecule has 2 fully saturated rings. The largest absolute Gasteiger partial charge is 0.367 e. The molecule has 2 aromatic carbocycles. The molecule has 0 spiro atoms. The lowest BCUT2D eigenvalue weighted by atomic mass is 10.1. The summed E-state index contributed by atoms with van der Waals surface area (Å²) in [5.41, 5.74) is 2.88. The summed E-state index contributed by atoms with van der Waals surface area (Å²) in [5, 5.41) is 3.30. The van der Waals surface area contributed by atoms with E-state index in [2.05, 4.69) is 14.9 Å². The van der Waals surface area contributed by atoms with E-state index in [0.29, 0.717) is 16.8 Å². The minimum absolute atomic E-state index is 0.0120. The highest BCUT2D eigenvalue weighted by Crippen LogP contribution is 2.31. The van der Waals surface area contributed by atoms with Crippen LogP contribution in [0.2, 0.25) is 0 Å². The summed E-state index contributed by atoms with van der Waals surface area (Å²) < 4.78 is 29.6. The normalized spacial score (nSPS) is 16.2. The average molecular weight is 514 g/mol. The first kappa shape index (κ1) is 26.0. The Labute approximate surface area is 213 Å². The zero-order valence-electron chi connectivity index (χ0n) is 21.2. The number of aryl methyl sites for hydroxylation is 2. The molecule has 2 heterocycles. The third kappa shape index (κ3) is 5.82. The molecule has 2 amide bonds. The number of rotatable bonds is 7. The van der Waals surface area contributed by atoms with E-state index in [1.807, 2.05) is 13.0 Å². The van der Waals surface area contributed by atoms with E-state index in [-0.39, 0.29) is 23.3 Å². The van der Waals surface area contributed by atoms with E-state index >= 15 is 0 Å². The lowest BCUT2D eigenvalue weighted by Gasteiger charge is -2.31. The van der Waals surface area contributed by atoms with Crippen molar-refractivity contribution in [1.82, 2.24) is 15.1 Å². The van der Waals surface area contributed by atoms with Crippen LogP contribution in [0.1, 0.15) is 34.3 Å². The van der Waals surface area contributed by atoms with Crippen LogP contribution in [0.15, 0.2) is 41.3 Å². The fourth-order valence-electron chi connectivity index (χ4n) is 4.69. The van der Waals surface area contributed by atoms with Crippen LogP contribution in [0.4, 0.5) is 11.4 Å². The molecule has 9 nitrogen and oxygen atoms in total. The van der Waals surface area contributed by atoms with E-state index in [9.17, 15) is 18.0 Å². The smallest absolute Gasteiger partial charge is 0.262 e. The summed E-state index contributed by atoms with van der Waals surface area (Å²) >= 11 is 0. The van der Waals surface area contributed by atoms with Gasteiger partial charge in [0.2, 0.25) is 5.91 Å². The Morgan fingerprint density at radius 1 is 1.00 bits per heavy atom. The Balaban J connectivity index is 1.63. The molecule has 0 bridgehead atoms. The second kappa shape index (κ2) is 10.9. The summed E-state index contributed by atoms with van der Waals surface area (Å²) in [6.07, 6.45) is 1.97. The number of nitrogens with one attached hydrogen (secondary N) is 2. The molecule has 2 aliphatic rings. The number of nitrogens with zero attached hydrogens (tertiary/aromatic N) is 3. The SMILES string of the molecule is Cc1ccc(C)c(S(=O)(=O)Nc2cc(C(=O)N(C)CC(=O)N3CCCC3)ccc2N2CCNCC2)c1. The molecule has 2 aromatic rings. The van der Waals surface area contributed by atoms with Crippen molar-refractivity contribution in [1.29, 1.82) is 0 Å². The molecule has 194 valence electrons. The summed E-state index contributed by atoms with van der Waals surface area (Å²) in [4.78, 5) is 31.3. The van der Waals surface area contributed by atoms with Crippen LogP contribution in [0, 0.1) is 13.8 Å². The first-order valence-corrected chi connectivity index (χ1v) is 13.9. The zero-order chi connectivity index (χ0) is 25.9. The van der Waals surface area contributed by atoms with Crippen molar-refractivity contribution in [2.24, 2.45) is 0 Å².